The zero-order chi connectivity index (χ0) is 54.7. The van der Waals surface area contributed by atoms with Crippen LogP contribution in [0.15, 0.2) is 84.9 Å². The maximum absolute atomic E-state index is 14.6. The Hall–Kier alpha value is -6.05. The van der Waals surface area contributed by atoms with Gasteiger partial charge in [-0.25, -0.2) is 8.78 Å². The molecule has 6 rings (SSSR count). The zero-order valence-corrected chi connectivity index (χ0v) is 39.1. The Balaban J connectivity index is 0.000000276. The summed E-state index contributed by atoms with van der Waals surface area (Å²) in [5.41, 5.74) is -6.51. The molecule has 0 aliphatic carbocycles. The number of alkyl halides is 12. The molecule has 400 valence electrons. The molecule has 73 heavy (non-hydrogen) atoms. The number of carbonyl (C=O) groups is 3. The molecule has 0 atom stereocenters. The molecule has 5 N–H and O–H groups in total. The number of anilines is 2. The number of amides is 3. The minimum atomic E-state index is -5.96. The molecule has 2 heterocycles. The lowest BCUT2D eigenvalue weighted by Crippen LogP contribution is -2.53. The SMILES string of the molecule is CC(C)(C)CC(=O)Nc1ccc(C(=O)N2CCN(Cc3ccc(C(O)(C(F)(F)F)C(F)(F)F)cc3)CC2)cc1F.Nc1ccc(C(=O)N2CCN(Cc3ccc(C(O)(C(F)(F)F)C(F)(F)F)cc3)CC2)cc1F. The van der Waals surface area contributed by atoms with Crippen LogP contribution < -0.4 is 11.1 Å². The second-order valence-corrected chi connectivity index (χ2v) is 18.7. The minimum absolute atomic E-state index is 0.0365. The summed E-state index contributed by atoms with van der Waals surface area (Å²) < 4.78 is 185. The first-order valence-corrected chi connectivity index (χ1v) is 22.1. The van der Waals surface area contributed by atoms with Gasteiger partial charge < -0.3 is 31.1 Å². The highest BCUT2D eigenvalue weighted by Gasteiger charge is 2.72. The van der Waals surface area contributed by atoms with Crippen LogP contribution in [0.2, 0.25) is 0 Å². The van der Waals surface area contributed by atoms with Gasteiger partial charge in [0.25, 0.3) is 23.0 Å². The van der Waals surface area contributed by atoms with Crippen molar-refractivity contribution in [1.29, 1.82) is 0 Å². The normalized spacial score (nSPS) is 15.9. The van der Waals surface area contributed by atoms with Crippen molar-refractivity contribution in [2.45, 2.75) is 76.2 Å². The summed E-state index contributed by atoms with van der Waals surface area (Å²) in [7, 11) is 0. The quantitative estimate of drug-likeness (QED) is 0.0911. The molecule has 0 spiro atoms. The van der Waals surface area contributed by atoms with Gasteiger partial charge >= 0.3 is 24.7 Å². The first-order chi connectivity index (χ1) is 33.6. The van der Waals surface area contributed by atoms with E-state index in [1.165, 1.54) is 34.1 Å². The molecule has 4 aromatic carbocycles. The van der Waals surface area contributed by atoms with Gasteiger partial charge in [0.05, 0.1) is 11.4 Å². The van der Waals surface area contributed by atoms with E-state index in [1.54, 1.807) is 0 Å². The Labute approximate surface area is 409 Å². The van der Waals surface area contributed by atoms with Crippen LogP contribution in [-0.4, -0.2) is 125 Å². The molecule has 2 fully saturated rings. The van der Waals surface area contributed by atoms with Gasteiger partial charge in [-0.1, -0.05) is 69.3 Å². The molecule has 25 heteroatoms. The molecule has 4 aromatic rings. The standard InChI is InChI=1S/C27H30F7N3O3.C21H20F7N3O2/c1-24(2,3)15-22(38)35-21-9-6-18(14-20(21)28)23(39)37-12-10-36(11-13-37)16-17-4-7-19(8-5-17)25(40,26(29,30)31)27(32,33)34;22-16-11-14(3-6-17(16)29)18(32)31-9-7-30(8-10-31)12-13-1-4-15(5-2-13)19(33,20(23,24)25)21(26,27)28/h4-9,14,40H,10-13,15-16H2,1-3H3,(H,35,38);1-6,11,33H,7-10,12,29H2. The van der Waals surface area contributed by atoms with E-state index in [4.69, 9.17) is 5.73 Å². The Kier molecular flexibility index (Phi) is 17.3. The number of nitrogen functional groups attached to an aromatic ring is 1. The molecule has 0 radical (unpaired) electrons. The van der Waals surface area contributed by atoms with Gasteiger partial charge in [-0.2, -0.15) is 52.7 Å². The van der Waals surface area contributed by atoms with Gasteiger partial charge in [0.15, 0.2) is 0 Å². The van der Waals surface area contributed by atoms with E-state index in [0.29, 0.717) is 74.7 Å². The monoisotopic (exact) mass is 1060 g/mol. The van der Waals surface area contributed by atoms with E-state index in [2.05, 4.69) is 5.32 Å². The largest absolute Gasteiger partial charge is 0.430 e. The number of nitrogens with one attached hydrogen (secondary N) is 1. The number of nitrogens with zero attached hydrogens (tertiary/aromatic N) is 4. The minimum Gasteiger partial charge on any atom is -0.396 e. The van der Waals surface area contributed by atoms with Crippen LogP contribution in [0, 0.1) is 17.0 Å². The third-order valence-electron chi connectivity index (χ3n) is 11.9. The van der Waals surface area contributed by atoms with E-state index in [9.17, 15) is 86.1 Å². The highest BCUT2D eigenvalue weighted by molar-refractivity contribution is 5.96. The van der Waals surface area contributed by atoms with Crippen molar-refractivity contribution in [1.82, 2.24) is 19.6 Å². The number of nitrogens with two attached hydrogens (primary N) is 1. The van der Waals surface area contributed by atoms with Crippen LogP contribution in [0.5, 0.6) is 0 Å². The number of hydrogen-bond donors (Lipinski definition) is 4. The Bertz CT molecular complexity index is 2540. The predicted octanol–water partition coefficient (Wildman–Crippen LogP) is 9.15. The van der Waals surface area contributed by atoms with E-state index in [-0.39, 0.29) is 72.3 Å². The van der Waals surface area contributed by atoms with Gasteiger partial charge in [-0.15, -0.1) is 0 Å². The first-order valence-electron chi connectivity index (χ1n) is 22.1. The van der Waals surface area contributed by atoms with Gasteiger partial charge in [0, 0.05) is 94.1 Å². The fraction of sp³-hybridized carbons (Fsp3) is 0.438. The average molecular weight is 1060 g/mol. The molecule has 0 saturated carbocycles. The smallest absolute Gasteiger partial charge is 0.396 e. The lowest BCUT2D eigenvalue weighted by molar-refractivity contribution is -0.376. The van der Waals surface area contributed by atoms with Gasteiger partial charge in [0.2, 0.25) is 5.91 Å². The van der Waals surface area contributed by atoms with Crippen molar-refractivity contribution in [2.24, 2.45) is 5.41 Å². The topological polar surface area (TPSA) is 143 Å². The molecule has 11 nitrogen and oxygen atoms in total. The second kappa shape index (κ2) is 21.8. The maximum atomic E-state index is 14.6. The number of carbonyl (C=O) groups excluding carboxylic acids is 3. The van der Waals surface area contributed by atoms with Crippen LogP contribution in [0.25, 0.3) is 0 Å². The van der Waals surface area contributed by atoms with Crippen LogP contribution in [-0.2, 0) is 29.1 Å². The Morgan fingerprint density at radius 2 is 0.863 bits per heavy atom. The van der Waals surface area contributed by atoms with Crippen molar-refractivity contribution in [3.05, 3.63) is 130 Å². The lowest BCUT2D eigenvalue weighted by Gasteiger charge is -2.35. The summed E-state index contributed by atoms with van der Waals surface area (Å²) in [6, 6.07) is 14.3. The summed E-state index contributed by atoms with van der Waals surface area (Å²) in [6.45, 7) is 8.61. The first kappa shape index (κ1) is 57.8. The van der Waals surface area contributed by atoms with Gasteiger partial charge in [0.1, 0.15) is 11.6 Å². The van der Waals surface area contributed by atoms with Crippen LogP contribution in [0.4, 0.5) is 72.8 Å². The van der Waals surface area contributed by atoms with Crippen molar-refractivity contribution in [3.63, 3.8) is 0 Å². The maximum Gasteiger partial charge on any atom is 0.430 e. The second-order valence-electron chi connectivity index (χ2n) is 18.7. The zero-order valence-electron chi connectivity index (χ0n) is 39.1. The number of halogens is 14. The molecule has 0 bridgehead atoms. The number of hydrogen-bond acceptors (Lipinski definition) is 8. The Morgan fingerprint density at radius 3 is 1.18 bits per heavy atom. The van der Waals surface area contributed by atoms with Gasteiger partial charge in [-0.3, -0.25) is 24.2 Å². The number of benzene rings is 4. The summed E-state index contributed by atoms with van der Waals surface area (Å²) in [5, 5.41) is 21.5. The molecular formula is C48H50F14N6O5. The number of piperazine rings is 2. The third-order valence-corrected chi connectivity index (χ3v) is 11.9. The van der Waals surface area contributed by atoms with Crippen molar-refractivity contribution in [3.8, 4) is 0 Å². The molecule has 2 aliphatic heterocycles. The number of aliphatic hydroxyl groups is 2. The predicted molar refractivity (Wildman–Crippen MR) is 237 cm³/mol. The van der Waals surface area contributed by atoms with E-state index < -0.39 is 64.6 Å². The van der Waals surface area contributed by atoms with E-state index >= 15 is 0 Å². The van der Waals surface area contributed by atoms with Crippen molar-refractivity contribution in [2.75, 3.05) is 63.4 Å². The van der Waals surface area contributed by atoms with E-state index in [1.807, 2.05) is 30.6 Å². The summed E-state index contributed by atoms with van der Waals surface area (Å²) >= 11 is 0. The van der Waals surface area contributed by atoms with Gasteiger partial charge in [-0.05, 0) is 52.9 Å². The number of rotatable bonds is 10. The molecule has 2 aliphatic rings. The summed E-state index contributed by atoms with van der Waals surface area (Å²) in [6.07, 6.45) is -23.6. The molecular weight excluding hydrogens is 1010 g/mol. The van der Waals surface area contributed by atoms with Crippen LogP contribution in [0.1, 0.15) is 70.2 Å². The van der Waals surface area contributed by atoms with Crippen molar-refractivity contribution < 1.29 is 86.1 Å². The van der Waals surface area contributed by atoms with Crippen LogP contribution in [0.3, 0.4) is 0 Å². The molecule has 2 saturated heterocycles. The third kappa shape index (κ3) is 13.6. The molecule has 0 unspecified atom stereocenters. The Morgan fingerprint density at radius 1 is 0.521 bits per heavy atom. The lowest BCUT2D eigenvalue weighted by atomic mass is 9.91. The van der Waals surface area contributed by atoms with Crippen molar-refractivity contribution >= 4 is 29.1 Å². The van der Waals surface area contributed by atoms with E-state index in [0.717, 1.165) is 36.4 Å². The highest BCUT2D eigenvalue weighted by atomic mass is 19.4. The fourth-order valence-corrected chi connectivity index (χ4v) is 7.86. The molecule has 0 aromatic heterocycles. The summed E-state index contributed by atoms with van der Waals surface area (Å²) in [5.74, 6) is -2.61. The fourth-order valence-electron chi connectivity index (χ4n) is 7.86. The average Bonchev–Trinajstić information content (AvgIpc) is 3.28. The van der Waals surface area contributed by atoms with Crippen LogP contribution >= 0.6 is 0 Å². The molecule has 3 amide bonds. The summed E-state index contributed by atoms with van der Waals surface area (Å²) in [4.78, 5) is 44.2. The highest BCUT2D eigenvalue weighted by Crippen LogP contribution is 2.51.